The van der Waals surface area contributed by atoms with Crippen molar-refractivity contribution in [1.82, 2.24) is 4.57 Å². The largest absolute Gasteiger partial charge is 0.467 e. The van der Waals surface area contributed by atoms with Crippen molar-refractivity contribution in [3.63, 3.8) is 0 Å². The zero-order valence-corrected chi connectivity index (χ0v) is 16.9. The number of anilines is 1. The van der Waals surface area contributed by atoms with E-state index in [0.717, 1.165) is 17.5 Å². The number of halogens is 1. The second-order valence-electron chi connectivity index (χ2n) is 6.50. The van der Waals surface area contributed by atoms with Crippen LogP contribution < -0.4 is 5.32 Å². The molecule has 0 aliphatic heterocycles. The number of hydrogen-bond acceptors (Lipinski definition) is 6. The Kier molecular flexibility index (Phi) is 6.22. The molecule has 10 heteroatoms. The molecule has 0 saturated heterocycles. The van der Waals surface area contributed by atoms with E-state index < -0.39 is 23.4 Å². The summed E-state index contributed by atoms with van der Waals surface area (Å²) in [6, 6.07) is 8.95. The van der Waals surface area contributed by atoms with Gasteiger partial charge in [-0.25, -0.2) is 4.79 Å². The molecule has 0 unspecified atom stereocenters. The molecule has 3 aromatic rings. The van der Waals surface area contributed by atoms with Crippen molar-refractivity contribution in [2.45, 2.75) is 20.4 Å². The van der Waals surface area contributed by atoms with Crippen LogP contribution in [0, 0.1) is 24.0 Å². The molecule has 1 amide bonds. The second kappa shape index (κ2) is 8.83. The Labute approximate surface area is 176 Å². The van der Waals surface area contributed by atoms with Crippen molar-refractivity contribution in [2.24, 2.45) is 0 Å². The lowest BCUT2D eigenvalue weighted by atomic mass is 10.2. The predicted octanol–water partition coefficient (Wildman–Crippen LogP) is 4.10. The standard InChI is InChI=1S/C20H18ClN3O6/c1-12-8-16(13(2)23(12)10-15-4-3-7-29-15)20(26)30-11-19(25)22-18-6-5-14(24(27)28)9-17(18)21/h3-9H,10-11H2,1-2H3,(H,22,25). The molecule has 9 nitrogen and oxygen atoms in total. The number of nitrogens with one attached hydrogen (secondary N) is 1. The first-order valence-corrected chi connectivity index (χ1v) is 9.24. The van der Waals surface area contributed by atoms with Gasteiger partial charge in [-0.3, -0.25) is 14.9 Å². The molecule has 30 heavy (non-hydrogen) atoms. The van der Waals surface area contributed by atoms with Crippen LogP contribution in [-0.4, -0.2) is 28.0 Å². The minimum absolute atomic E-state index is 0.00495. The number of hydrogen-bond donors (Lipinski definition) is 1. The van der Waals surface area contributed by atoms with Crippen molar-refractivity contribution in [3.8, 4) is 0 Å². The lowest BCUT2D eigenvalue weighted by Gasteiger charge is -2.09. The Bertz CT molecular complexity index is 1100. The van der Waals surface area contributed by atoms with Crippen LogP contribution in [0.2, 0.25) is 5.02 Å². The summed E-state index contributed by atoms with van der Waals surface area (Å²) in [5.74, 6) is -0.515. The molecule has 0 atom stereocenters. The quantitative estimate of drug-likeness (QED) is 0.342. The molecule has 0 aliphatic carbocycles. The van der Waals surface area contributed by atoms with Crippen molar-refractivity contribution >= 4 is 34.9 Å². The number of aryl methyl sites for hydroxylation is 1. The number of non-ortho nitro benzene ring substituents is 1. The summed E-state index contributed by atoms with van der Waals surface area (Å²) in [4.78, 5) is 34.7. The lowest BCUT2D eigenvalue weighted by molar-refractivity contribution is -0.384. The number of carbonyl (C=O) groups is 2. The summed E-state index contributed by atoms with van der Waals surface area (Å²) in [5, 5.41) is 13.2. The first kappa shape index (κ1) is 21.1. The van der Waals surface area contributed by atoms with Crippen LogP contribution in [0.5, 0.6) is 0 Å². The van der Waals surface area contributed by atoms with Gasteiger partial charge in [0.1, 0.15) is 5.76 Å². The number of nitrogens with zero attached hydrogens (tertiary/aromatic N) is 2. The van der Waals surface area contributed by atoms with E-state index in [1.165, 1.54) is 12.1 Å². The van der Waals surface area contributed by atoms with E-state index in [2.05, 4.69) is 5.32 Å². The van der Waals surface area contributed by atoms with Gasteiger partial charge in [0.15, 0.2) is 6.61 Å². The van der Waals surface area contributed by atoms with Crippen molar-refractivity contribution in [2.75, 3.05) is 11.9 Å². The lowest BCUT2D eigenvalue weighted by Crippen LogP contribution is -2.21. The summed E-state index contributed by atoms with van der Waals surface area (Å²) in [7, 11) is 0. The number of nitro benzene ring substituents is 1. The van der Waals surface area contributed by atoms with Gasteiger partial charge in [0.2, 0.25) is 0 Å². The summed E-state index contributed by atoms with van der Waals surface area (Å²) in [6.07, 6.45) is 1.58. The number of furan rings is 1. The fourth-order valence-corrected chi connectivity index (χ4v) is 3.15. The van der Waals surface area contributed by atoms with Gasteiger partial charge >= 0.3 is 5.97 Å². The number of rotatable bonds is 7. The fraction of sp³-hybridized carbons (Fsp3) is 0.200. The van der Waals surface area contributed by atoms with E-state index in [0.29, 0.717) is 17.8 Å². The third-order valence-electron chi connectivity index (χ3n) is 4.46. The molecule has 0 bridgehead atoms. The fourth-order valence-electron chi connectivity index (χ4n) is 2.92. The third kappa shape index (κ3) is 4.69. The van der Waals surface area contributed by atoms with Crippen LogP contribution in [0.25, 0.3) is 0 Å². The highest BCUT2D eigenvalue weighted by atomic mass is 35.5. The number of ether oxygens (including phenoxy) is 1. The Hall–Kier alpha value is -3.59. The summed E-state index contributed by atoms with van der Waals surface area (Å²) < 4.78 is 12.4. The Morgan fingerprint density at radius 2 is 2.03 bits per heavy atom. The monoisotopic (exact) mass is 431 g/mol. The zero-order valence-electron chi connectivity index (χ0n) is 16.2. The summed E-state index contributed by atoms with van der Waals surface area (Å²) >= 11 is 5.94. The van der Waals surface area contributed by atoms with Crippen LogP contribution in [0.1, 0.15) is 27.5 Å². The highest BCUT2D eigenvalue weighted by Gasteiger charge is 2.19. The Balaban J connectivity index is 1.62. The maximum atomic E-state index is 12.4. The average Bonchev–Trinajstić information content (AvgIpc) is 3.31. The van der Waals surface area contributed by atoms with Gasteiger partial charge in [-0.15, -0.1) is 0 Å². The van der Waals surface area contributed by atoms with Crippen LogP contribution >= 0.6 is 11.6 Å². The van der Waals surface area contributed by atoms with Crippen LogP contribution in [-0.2, 0) is 16.1 Å². The van der Waals surface area contributed by atoms with Gasteiger partial charge in [0.05, 0.1) is 34.0 Å². The predicted molar refractivity (Wildman–Crippen MR) is 109 cm³/mol. The normalized spacial score (nSPS) is 10.6. The third-order valence-corrected chi connectivity index (χ3v) is 4.77. The van der Waals surface area contributed by atoms with Crippen molar-refractivity contribution in [1.29, 1.82) is 0 Å². The van der Waals surface area contributed by atoms with E-state index in [4.69, 9.17) is 20.8 Å². The van der Waals surface area contributed by atoms with Crippen LogP contribution in [0.15, 0.2) is 47.1 Å². The molecule has 0 aliphatic rings. The minimum Gasteiger partial charge on any atom is -0.467 e. The number of carbonyl (C=O) groups excluding carboxylic acids is 2. The SMILES string of the molecule is Cc1cc(C(=O)OCC(=O)Nc2ccc([N+](=O)[O-])cc2Cl)c(C)n1Cc1ccco1. The van der Waals surface area contributed by atoms with Crippen LogP contribution in [0.4, 0.5) is 11.4 Å². The van der Waals surface area contributed by atoms with E-state index in [1.807, 2.05) is 17.6 Å². The van der Waals surface area contributed by atoms with Gasteiger partial charge in [0.25, 0.3) is 11.6 Å². The Morgan fingerprint density at radius 1 is 1.27 bits per heavy atom. The number of amides is 1. The molecule has 0 radical (unpaired) electrons. The van der Waals surface area contributed by atoms with Gasteiger partial charge in [0, 0.05) is 23.5 Å². The van der Waals surface area contributed by atoms with E-state index in [-0.39, 0.29) is 16.4 Å². The molecule has 0 fully saturated rings. The number of aromatic nitrogens is 1. The molecule has 156 valence electrons. The van der Waals surface area contributed by atoms with Crippen molar-refractivity contribution in [3.05, 3.63) is 80.5 Å². The Morgan fingerprint density at radius 3 is 2.67 bits per heavy atom. The maximum absolute atomic E-state index is 12.4. The molecular weight excluding hydrogens is 414 g/mol. The molecule has 2 aromatic heterocycles. The first-order chi connectivity index (χ1) is 14.3. The molecule has 2 heterocycles. The molecule has 0 saturated carbocycles. The van der Waals surface area contributed by atoms with Gasteiger partial charge in [-0.05, 0) is 38.1 Å². The zero-order chi connectivity index (χ0) is 21.8. The van der Waals surface area contributed by atoms with E-state index in [9.17, 15) is 19.7 Å². The summed E-state index contributed by atoms with van der Waals surface area (Å²) in [6.45, 7) is 3.57. The summed E-state index contributed by atoms with van der Waals surface area (Å²) in [5.41, 5.74) is 1.86. The number of esters is 1. The number of benzene rings is 1. The van der Waals surface area contributed by atoms with Gasteiger partial charge in [-0.1, -0.05) is 11.6 Å². The molecule has 0 spiro atoms. The average molecular weight is 432 g/mol. The van der Waals surface area contributed by atoms with E-state index >= 15 is 0 Å². The van der Waals surface area contributed by atoms with E-state index in [1.54, 1.807) is 25.3 Å². The van der Waals surface area contributed by atoms with Gasteiger partial charge in [-0.2, -0.15) is 0 Å². The molecule has 1 N–H and O–H groups in total. The van der Waals surface area contributed by atoms with Crippen molar-refractivity contribution < 1.29 is 23.7 Å². The highest BCUT2D eigenvalue weighted by molar-refractivity contribution is 6.34. The maximum Gasteiger partial charge on any atom is 0.340 e. The highest BCUT2D eigenvalue weighted by Crippen LogP contribution is 2.26. The van der Waals surface area contributed by atoms with Gasteiger partial charge < -0.3 is 19.0 Å². The molecule has 1 aromatic carbocycles. The smallest absolute Gasteiger partial charge is 0.340 e. The van der Waals surface area contributed by atoms with Crippen LogP contribution in [0.3, 0.4) is 0 Å². The molecule has 3 rings (SSSR count). The molecular formula is C20H18ClN3O6. The first-order valence-electron chi connectivity index (χ1n) is 8.86. The minimum atomic E-state index is -0.640. The second-order valence-corrected chi connectivity index (χ2v) is 6.90. The topological polar surface area (TPSA) is 117 Å². The number of nitro groups is 1.